The lowest BCUT2D eigenvalue weighted by molar-refractivity contribution is -0.133. The van der Waals surface area contributed by atoms with Crippen molar-refractivity contribution < 1.29 is 13.6 Å². The summed E-state index contributed by atoms with van der Waals surface area (Å²) in [7, 11) is 0. The molecule has 1 amide bonds. The lowest BCUT2D eigenvalue weighted by Crippen LogP contribution is -2.44. The van der Waals surface area contributed by atoms with Gasteiger partial charge in [-0.1, -0.05) is 25.3 Å². The summed E-state index contributed by atoms with van der Waals surface area (Å²) in [4.78, 5) is 14.2. The van der Waals surface area contributed by atoms with Gasteiger partial charge in [0.05, 0.1) is 6.42 Å². The van der Waals surface area contributed by atoms with E-state index in [0.29, 0.717) is 13.1 Å². The predicted octanol–water partition coefficient (Wildman–Crippen LogP) is 2.63. The molecule has 0 aliphatic heterocycles. The maximum absolute atomic E-state index is 13.7. The van der Waals surface area contributed by atoms with Gasteiger partial charge in [0, 0.05) is 25.2 Å². The Balaban J connectivity index is 2.07. The minimum Gasteiger partial charge on any atom is -0.338 e. The van der Waals surface area contributed by atoms with E-state index in [4.69, 9.17) is 5.73 Å². The van der Waals surface area contributed by atoms with Gasteiger partial charge in [-0.25, -0.2) is 8.78 Å². The van der Waals surface area contributed by atoms with Gasteiger partial charge in [-0.2, -0.15) is 0 Å². The summed E-state index contributed by atoms with van der Waals surface area (Å²) in [5.41, 5.74) is 5.83. The highest BCUT2D eigenvalue weighted by atomic mass is 19.1. The topological polar surface area (TPSA) is 46.3 Å². The van der Waals surface area contributed by atoms with Crippen molar-refractivity contribution in [3.8, 4) is 0 Å². The van der Waals surface area contributed by atoms with Crippen LogP contribution in [0.4, 0.5) is 8.78 Å². The van der Waals surface area contributed by atoms with E-state index >= 15 is 0 Å². The molecule has 0 saturated heterocycles. The molecule has 0 bridgehead atoms. The van der Waals surface area contributed by atoms with E-state index in [1.54, 1.807) is 4.90 Å². The molecule has 0 radical (unpaired) electrons. The van der Waals surface area contributed by atoms with Crippen LogP contribution in [0.2, 0.25) is 0 Å². The van der Waals surface area contributed by atoms with Gasteiger partial charge in [0.15, 0.2) is 0 Å². The number of nitrogens with zero attached hydrogens (tertiary/aromatic N) is 1. The highest BCUT2D eigenvalue weighted by molar-refractivity contribution is 5.79. The summed E-state index contributed by atoms with van der Waals surface area (Å²) >= 11 is 0. The van der Waals surface area contributed by atoms with Crippen LogP contribution in [0.1, 0.15) is 37.7 Å². The summed E-state index contributed by atoms with van der Waals surface area (Å²) in [6.07, 6.45) is 5.36. The Kier molecular flexibility index (Phi) is 5.67. The quantitative estimate of drug-likeness (QED) is 0.908. The Labute approximate surface area is 124 Å². The zero-order chi connectivity index (χ0) is 15.2. The molecule has 116 valence electrons. The molecule has 3 nitrogen and oxygen atoms in total. The second kappa shape index (κ2) is 7.50. The fourth-order valence-electron chi connectivity index (χ4n) is 2.97. The Morgan fingerprint density at radius 1 is 1.24 bits per heavy atom. The molecule has 2 rings (SSSR count). The number of hydrogen-bond donors (Lipinski definition) is 1. The van der Waals surface area contributed by atoms with Crippen molar-refractivity contribution in [1.29, 1.82) is 0 Å². The fourth-order valence-corrected chi connectivity index (χ4v) is 2.97. The average Bonchev–Trinajstić information content (AvgIpc) is 2.48. The molecule has 1 saturated carbocycles. The van der Waals surface area contributed by atoms with Crippen LogP contribution in [0.15, 0.2) is 18.2 Å². The second-order valence-electron chi connectivity index (χ2n) is 5.58. The van der Waals surface area contributed by atoms with E-state index in [9.17, 15) is 13.6 Å². The highest BCUT2D eigenvalue weighted by Gasteiger charge is 2.25. The SMILES string of the molecule is NCCN(C(=O)Cc1ccc(F)cc1F)C1CCCCC1. The summed E-state index contributed by atoms with van der Waals surface area (Å²) in [6, 6.07) is 3.54. The molecule has 1 aliphatic rings. The second-order valence-corrected chi connectivity index (χ2v) is 5.58. The van der Waals surface area contributed by atoms with Gasteiger partial charge in [0.1, 0.15) is 11.6 Å². The van der Waals surface area contributed by atoms with Crippen LogP contribution >= 0.6 is 0 Å². The number of benzene rings is 1. The largest absolute Gasteiger partial charge is 0.338 e. The molecule has 1 aliphatic carbocycles. The van der Waals surface area contributed by atoms with Crippen LogP contribution in [-0.2, 0) is 11.2 Å². The molecule has 0 aromatic heterocycles. The number of carbonyl (C=O) groups is 1. The van der Waals surface area contributed by atoms with Gasteiger partial charge < -0.3 is 10.6 Å². The zero-order valence-electron chi connectivity index (χ0n) is 12.2. The Hall–Kier alpha value is -1.49. The van der Waals surface area contributed by atoms with Crippen molar-refractivity contribution in [1.82, 2.24) is 4.90 Å². The smallest absolute Gasteiger partial charge is 0.227 e. The molecular weight excluding hydrogens is 274 g/mol. The molecule has 21 heavy (non-hydrogen) atoms. The Bertz CT molecular complexity index is 487. The molecule has 1 aromatic rings. The van der Waals surface area contributed by atoms with Crippen LogP contribution in [0.5, 0.6) is 0 Å². The van der Waals surface area contributed by atoms with Crippen LogP contribution in [0.3, 0.4) is 0 Å². The third kappa shape index (κ3) is 4.24. The minimum absolute atomic E-state index is 0.0391. The van der Waals surface area contributed by atoms with Crippen molar-refractivity contribution in [3.63, 3.8) is 0 Å². The molecule has 0 heterocycles. The first kappa shape index (κ1) is 15.9. The van der Waals surface area contributed by atoms with Gasteiger partial charge >= 0.3 is 0 Å². The molecule has 0 unspecified atom stereocenters. The van der Waals surface area contributed by atoms with Crippen LogP contribution < -0.4 is 5.73 Å². The third-order valence-electron chi connectivity index (χ3n) is 4.06. The minimum atomic E-state index is -0.667. The van der Waals surface area contributed by atoms with Crippen molar-refractivity contribution in [2.45, 2.75) is 44.6 Å². The summed E-state index contributed by atoms with van der Waals surface area (Å²) in [5, 5.41) is 0. The first-order valence-corrected chi connectivity index (χ1v) is 7.55. The van der Waals surface area contributed by atoms with Crippen molar-refractivity contribution in [2.24, 2.45) is 5.73 Å². The van der Waals surface area contributed by atoms with Gasteiger partial charge in [-0.15, -0.1) is 0 Å². The monoisotopic (exact) mass is 296 g/mol. The Morgan fingerprint density at radius 2 is 1.95 bits per heavy atom. The standard InChI is InChI=1S/C16H22F2N2O/c17-13-7-6-12(15(18)11-13)10-16(21)20(9-8-19)14-4-2-1-3-5-14/h6-7,11,14H,1-5,8-10,19H2. The average molecular weight is 296 g/mol. The van der Waals surface area contributed by atoms with Crippen molar-refractivity contribution in [3.05, 3.63) is 35.4 Å². The molecule has 1 aromatic carbocycles. The van der Waals surface area contributed by atoms with Crippen LogP contribution in [0.25, 0.3) is 0 Å². The highest BCUT2D eigenvalue weighted by Crippen LogP contribution is 2.23. The third-order valence-corrected chi connectivity index (χ3v) is 4.06. The Morgan fingerprint density at radius 3 is 2.57 bits per heavy atom. The maximum atomic E-state index is 13.7. The lowest BCUT2D eigenvalue weighted by atomic mass is 9.93. The molecule has 0 spiro atoms. The van der Waals surface area contributed by atoms with E-state index in [1.165, 1.54) is 18.6 Å². The van der Waals surface area contributed by atoms with E-state index in [1.807, 2.05) is 0 Å². The van der Waals surface area contributed by atoms with Crippen LogP contribution in [-0.4, -0.2) is 29.9 Å². The van der Waals surface area contributed by atoms with Crippen molar-refractivity contribution >= 4 is 5.91 Å². The number of hydrogen-bond acceptors (Lipinski definition) is 2. The zero-order valence-corrected chi connectivity index (χ0v) is 12.2. The van der Waals surface area contributed by atoms with E-state index < -0.39 is 11.6 Å². The first-order valence-electron chi connectivity index (χ1n) is 7.55. The fraction of sp³-hybridized carbons (Fsp3) is 0.562. The maximum Gasteiger partial charge on any atom is 0.227 e. The first-order chi connectivity index (χ1) is 10.1. The van der Waals surface area contributed by atoms with Crippen LogP contribution in [0, 0.1) is 11.6 Å². The molecule has 0 atom stereocenters. The summed E-state index contributed by atoms with van der Waals surface area (Å²) < 4.78 is 26.6. The number of nitrogens with two attached hydrogens (primary N) is 1. The molecular formula is C16H22F2N2O. The molecule has 1 fully saturated rings. The lowest BCUT2D eigenvalue weighted by Gasteiger charge is -2.34. The molecule has 5 heteroatoms. The van der Waals surface area contributed by atoms with E-state index in [2.05, 4.69) is 0 Å². The number of halogens is 2. The predicted molar refractivity (Wildman–Crippen MR) is 77.7 cm³/mol. The van der Waals surface area contributed by atoms with Gasteiger partial charge in [-0.05, 0) is 24.5 Å². The summed E-state index contributed by atoms with van der Waals surface area (Å²) in [5.74, 6) is -1.42. The number of carbonyl (C=O) groups excluding carboxylic acids is 1. The normalized spacial score (nSPS) is 16.0. The number of amides is 1. The number of rotatable bonds is 5. The van der Waals surface area contributed by atoms with Crippen molar-refractivity contribution in [2.75, 3.05) is 13.1 Å². The van der Waals surface area contributed by atoms with Gasteiger partial charge in [0.2, 0.25) is 5.91 Å². The molecule has 2 N–H and O–H groups in total. The summed E-state index contributed by atoms with van der Waals surface area (Å²) in [6.45, 7) is 0.889. The van der Waals surface area contributed by atoms with Gasteiger partial charge in [-0.3, -0.25) is 4.79 Å². The van der Waals surface area contributed by atoms with E-state index in [0.717, 1.165) is 31.7 Å². The van der Waals surface area contributed by atoms with Gasteiger partial charge in [0.25, 0.3) is 0 Å². The van der Waals surface area contributed by atoms with E-state index in [-0.39, 0.29) is 23.9 Å².